The van der Waals surface area contributed by atoms with Crippen LogP contribution in [0.25, 0.3) is 0 Å². The molecule has 0 bridgehead atoms. The number of aromatic nitrogens is 1. The number of carbonyl (C=O) groups excluding carboxylic acids is 2. The molecule has 1 saturated heterocycles. The molecule has 0 aromatic carbocycles. The molecule has 6 heteroatoms. The Morgan fingerprint density at radius 3 is 3.17 bits per heavy atom. The second kappa shape index (κ2) is 5.48. The van der Waals surface area contributed by atoms with E-state index < -0.39 is 0 Å². The number of hydrogen-bond acceptors (Lipinski definition) is 4. The highest BCUT2D eigenvalue weighted by Crippen LogP contribution is 2.16. The van der Waals surface area contributed by atoms with Crippen molar-refractivity contribution in [2.45, 2.75) is 6.92 Å². The summed E-state index contributed by atoms with van der Waals surface area (Å²) in [6, 6.07) is 1.76. The van der Waals surface area contributed by atoms with Crippen LogP contribution in [0.2, 0.25) is 0 Å². The molecule has 2 N–H and O–H groups in total. The van der Waals surface area contributed by atoms with Crippen LogP contribution < -0.4 is 10.6 Å². The molecule has 1 aliphatic heterocycles. The van der Waals surface area contributed by atoms with Crippen LogP contribution in [0.3, 0.4) is 0 Å². The van der Waals surface area contributed by atoms with Gasteiger partial charge in [-0.1, -0.05) is 0 Å². The second-order valence-corrected chi connectivity index (χ2v) is 4.03. The summed E-state index contributed by atoms with van der Waals surface area (Å²) in [6.07, 6.45) is 3.17. The van der Waals surface area contributed by atoms with Gasteiger partial charge in [0.15, 0.2) is 0 Å². The molecule has 1 aromatic heterocycles. The average molecular weight is 248 g/mol. The zero-order chi connectivity index (χ0) is 13.0. The van der Waals surface area contributed by atoms with Gasteiger partial charge in [-0.3, -0.25) is 14.6 Å². The molecule has 0 radical (unpaired) electrons. The molecule has 1 aliphatic rings. The van der Waals surface area contributed by atoms with E-state index in [0.29, 0.717) is 18.7 Å². The lowest BCUT2D eigenvalue weighted by Crippen LogP contribution is -2.50. The van der Waals surface area contributed by atoms with E-state index in [4.69, 9.17) is 0 Å². The first-order chi connectivity index (χ1) is 8.72. The van der Waals surface area contributed by atoms with E-state index in [1.807, 2.05) is 6.92 Å². The Hall–Kier alpha value is -2.11. The minimum Gasteiger partial charge on any atom is -0.385 e. The molecule has 0 atom stereocenters. The van der Waals surface area contributed by atoms with Crippen LogP contribution in [-0.4, -0.2) is 47.9 Å². The highest BCUT2D eigenvalue weighted by molar-refractivity contribution is 6.01. The van der Waals surface area contributed by atoms with Crippen molar-refractivity contribution >= 4 is 17.5 Å². The number of nitrogens with zero attached hydrogens (tertiary/aromatic N) is 2. The predicted octanol–water partition coefficient (Wildman–Crippen LogP) is 0.0854. The topological polar surface area (TPSA) is 74.3 Å². The van der Waals surface area contributed by atoms with Gasteiger partial charge < -0.3 is 15.5 Å². The number of amides is 2. The summed E-state index contributed by atoms with van der Waals surface area (Å²) in [5.41, 5.74) is 1.26. The molecule has 2 amide bonds. The van der Waals surface area contributed by atoms with Crippen molar-refractivity contribution in [3.05, 3.63) is 24.0 Å². The van der Waals surface area contributed by atoms with Crippen LogP contribution in [0.1, 0.15) is 17.3 Å². The van der Waals surface area contributed by atoms with E-state index in [9.17, 15) is 9.59 Å². The zero-order valence-electron chi connectivity index (χ0n) is 10.3. The number of pyridine rings is 1. The molecule has 96 valence electrons. The van der Waals surface area contributed by atoms with Gasteiger partial charge in [0, 0.05) is 32.0 Å². The summed E-state index contributed by atoms with van der Waals surface area (Å²) < 4.78 is 0. The van der Waals surface area contributed by atoms with Gasteiger partial charge in [-0.15, -0.1) is 0 Å². The van der Waals surface area contributed by atoms with E-state index in [1.165, 1.54) is 11.1 Å². The summed E-state index contributed by atoms with van der Waals surface area (Å²) in [7, 11) is 0. The molecule has 1 fully saturated rings. The van der Waals surface area contributed by atoms with Gasteiger partial charge in [-0.05, 0) is 13.0 Å². The van der Waals surface area contributed by atoms with Crippen LogP contribution in [-0.2, 0) is 4.79 Å². The number of anilines is 1. The molecular weight excluding hydrogens is 232 g/mol. The minimum absolute atomic E-state index is 0.110. The van der Waals surface area contributed by atoms with Gasteiger partial charge in [0.2, 0.25) is 5.91 Å². The predicted molar refractivity (Wildman–Crippen MR) is 67.3 cm³/mol. The standard InChI is InChI=1S/C12H16N4O2/c1-2-14-10-3-4-13-7-9(10)12(18)16-6-5-15-11(17)8-16/h3-4,7H,2,5-6,8H2,1H3,(H,13,14)(H,15,17). The average Bonchev–Trinajstić information content (AvgIpc) is 2.39. The Labute approximate surface area is 105 Å². The third kappa shape index (κ3) is 2.58. The number of piperazine rings is 1. The molecule has 2 rings (SSSR count). The van der Waals surface area contributed by atoms with Gasteiger partial charge in [-0.25, -0.2) is 0 Å². The van der Waals surface area contributed by atoms with Crippen molar-refractivity contribution in [2.75, 3.05) is 31.5 Å². The number of rotatable bonds is 3. The van der Waals surface area contributed by atoms with Crippen molar-refractivity contribution < 1.29 is 9.59 Å². The highest BCUT2D eigenvalue weighted by atomic mass is 16.2. The SMILES string of the molecule is CCNc1ccncc1C(=O)N1CCNC(=O)C1. The first-order valence-electron chi connectivity index (χ1n) is 5.96. The van der Waals surface area contributed by atoms with Gasteiger partial charge in [0.25, 0.3) is 5.91 Å². The highest BCUT2D eigenvalue weighted by Gasteiger charge is 2.24. The minimum atomic E-state index is -0.158. The summed E-state index contributed by atoms with van der Waals surface area (Å²) in [5.74, 6) is -0.280. The maximum absolute atomic E-state index is 12.3. The molecule has 6 nitrogen and oxygen atoms in total. The largest absolute Gasteiger partial charge is 0.385 e. The van der Waals surface area contributed by atoms with Crippen LogP contribution in [0, 0.1) is 0 Å². The second-order valence-electron chi connectivity index (χ2n) is 4.03. The quantitative estimate of drug-likeness (QED) is 0.794. The molecule has 1 aromatic rings. The number of carbonyl (C=O) groups is 2. The van der Waals surface area contributed by atoms with Crippen molar-refractivity contribution in [3.63, 3.8) is 0 Å². The lowest BCUT2D eigenvalue weighted by atomic mass is 10.2. The van der Waals surface area contributed by atoms with Crippen molar-refractivity contribution in [3.8, 4) is 0 Å². The Bertz CT molecular complexity index is 461. The van der Waals surface area contributed by atoms with Crippen molar-refractivity contribution in [1.82, 2.24) is 15.2 Å². The Morgan fingerprint density at radius 2 is 2.44 bits per heavy atom. The summed E-state index contributed by atoms with van der Waals surface area (Å²) in [5, 5.41) is 5.81. The number of hydrogen-bond donors (Lipinski definition) is 2. The van der Waals surface area contributed by atoms with Crippen molar-refractivity contribution in [1.29, 1.82) is 0 Å². The molecule has 0 saturated carbocycles. The van der Waals surface area contributed by atoms with E-state index in [0.717, 1.165) is 12.2 Å². The Balaban J connectivity index is 2.19. The molecular formula is C12H16N4O2. The molecule has 0 spiro atoms. The Morgan fingerprint density at radius 1 is 1.61 bits per heavy atom. The van der Waals surface area contributed by atoms with Crippen LogP contribution in [0.15, 0.2) is 18.5 Å². The van der Waals surface area contributed by atoms with E-state index in [1.54, 1.807) is 12.3 Å². The van der Waals surface area contributed by atoms with E-state index in [2.05, 4.69) is 15.6 Å². The first kappa shape index (κ1) is 12.3. The summed E-state index contributed by atoms with van der Waals surface area (Å²) in [4.78, 5) is 29.1. The normalized spacial score (nSPS) is 15.2. The Kier molecular flexibility index (Phi) is 3.76. The fraction of sp³-hybridized carbons (Fsp3) is 0.417. The van der Waals surface area contributed by atoms with Crippen LogP contribution >= 0.6 is 0 Å². The third-order valence-corrected chi connectivity index (χ3v) is 2.74. The van der Waals surface area contributed by atoms with Crippen LogP contribution in [0.4, 0.5) is 5.69 Å². The fourth-order valence-corrected chi connectivity index (χ4v) is 1.89. The lowest BCUT2D eigenvalue weighted by Gasteiger charge is -2.27. The van der Waals surface area contributed by atoms with Gasteiger partial charge in [-0.2, -0.15) is 0 Å². The summed E-state index contributed by atoms with van der Waals surface area (Å²) >= 11 is 0. The maximum Gasteiger partial charge on any atom is 0.258 e. The lowest BCUT2D eigenvalue weighted by molar-refractivity contribution is -0.123. The monoisotopic (exact) mass is 248 g/mol. The first-order valence-corrected chi connectivity index (χ1v) is 5.96. The number of nitrogens with one attached hydrogen (secondary N) is 2. The molecule has 0 aliphatic carbocycles. The van der Waals surface area contributed by atoms with Crippen LogP contribution in [0.5, 0.6) is 0 Å². The van der Waals surface area contributed by atoms with E-state index in [-0.39, 0.29) is 18.4 Å². The van der Waals surface area contributed by atoms with E-state index >= 15 is 0 Å². The maximum atomic E-state index is 12.3. The van der Waals surface area contributed by atoms with Gasteiger partial charge in [0.05, 0.1) is 17.8 Å². The van der Waals surface area contributed by atoms with Crippen molar-refractivity contribution in [2.24, 2.45) is 0 Å². The smallest absolute Gasteiger partial charge is 0.258 e. The zero-order valence-corrected chi connectivity index (χ0v) is 10.3. The fourth-order valence-electron chi connectivity index (χ4n) is 1.89. The molecule has 18 heavy (non-hydrogen) atoms. The third-order valence-electron chi connectivity index (χ3n) is 2.74. The summed E-state index contributed by atoms with van der Waals surface area (Å²) in [6.45, 7) is 3.83. The molecule has 2 heterocycles. The molecule has 0 unspecified atom stereocenters. The van der Waals surface area contributed by atoms with Gasteiger partial charge >= 0.3 is 0 Å². The van der Waals surface area contributed by atoms with Gasteiger partial charge in [0.1, 0.15) is 0 Å².